The largest absolute Gasteiger partial charge is 0.492 e. The van der Waals surface area contributed by atoms with Crippen LogP contribution in [0.5, 0.6) is 17.2 Å². The standard InChI is InChI=1S/C23H18F3NO4/c24-23(25,26)21-6-5-14(31-21)11-27-12-22(15-3-1-2-4-17(15)27)13-30-18-10-20-19(9-16(18)22)28-7-8-29-20/h1-6,9-10H,7-8,11-13H2/t22-/m1/s1. The zero-order valence-electron chi connectivity index (χ0n) is 16.4. The molecule has 3 aliphatic rings. The molecule has 0 fully saturated rings. The van der Waals surface area contributed by atoms with Crippen LogP contribution >= 0.6 is 0 Å². The van der Waals surface area contributed by atoms with Crippen LogP contribution in [0.1, 0.15) is 22.6 Å². The Hall–Kier alpha value is -3.29. The molecule has 31 heavy (non-hydrogen) atoms. The second kappa shape index (κ2) is 6.35. The SMILES string of the molecule is FC(F)(F)c1ccc(CN2C[C@@]3(COc4cc5c(cc43)OCCO5)c3ccccc32)o1. The lowest BCUT2D eigenvalue weighted by atomic mass is 9.77. The molecule has 2 aromatic carbocycles. The van der Waals surface area contributed by atoms with Gasteiger partial charge in [0.25, 0.3) is 0 Å². The van der Waals surface area contributed by atoms with Crippen molar-refractivity contribution in [2.75, 3.05) is 31.3 Å². The summed E-state index contributed by atoms with van der Waals surface area (Å²) < 4.78 is 61.5. The van der Waals surface area contributed by atoms with E-state index < -0.39 is 17.4 Å². The van der Waals surface area contributed by atoms with E-state index in [1.165, 1.54) is 6.07 Å². The van der Waals surface area contributed by atoms with Gasteiger partial charge in [0.1, 0.15) is 31.3 Å². The summed E-state index contributed by atoms with van der Waals surface area (Å²) in [4.78, 5) is 2.05. The number of furan rings is 1. The summed E-state index contributed by atoms with van der Waals surface area (Å²) >= 11 is 0. The number of hydrogen-bond donors (Lipinski definition) is 0. The first kappa shape index (κ1) is 18.5. The molecule has 0 N–H and O–H groups in total. The van der Waals surface area contributed by atoms with Crippen molar-refractivity contribution in [2.45, 2.75) is 18.1 Å². The summed E-state index contributed by atoms with van der Waals surface area (Å²) in [5, 5.41) is 0. The van der Waals surface area contributed by atoms with E-state index in [-0.39, 0.29) is 12.3 Å². The minimum absolute atomic E-state index is 0.231. The molecule has 0 unspecified atom stereocenters. The second-order valence-electron chi connectivity index (χ2n) is 8.00. The van der Waals surface area contributed by atoms with Crippen LogP contribution in [0.4, 0.5) is 18.9 Å². The third kappa shape index (κ3) is 2.77. The molecule has 0 saturated carbocycles. The van der Waals surface area contributed by atoms with Crippen molar-refractivity contribution in [3.8, 4) is 17.2 Å². The molecule has 0 saturated heterocycles. The third-order valence-corrected chi connectivity index (χ3v) is 6.14. The Labute approximate surface area is 175 Å². The van der Waals surface area contributed by atoms with E-state index in [9.17, 15) is 13.2 Å². The average Bonchev–Trinajstić information content (AvgIpc) is 3.45. The first-order valence-corrected chi connectivity index (χ1v) is 10.0. The summed E-state index contributed by atoms with van der Waals surface area (Å²) in [6.45, 7) is 2.21. The number of para-hydroxylation sites is 1. The van der Waals surface area contributed by atoms with Gasteiger partial charge >= 0.3 is 6.18 Å². The Bertz CT molecular complexity index is 1170. The molecular formula is C23H18F3NO4. The number of benzene rings is 2. The van der Waals surface area contributed by atoms with Crippen LogP contribution in [-0.2, 0) is 18.1 Å². The van der Waals surface area contributed by atoms with Gasteiger partial charge in [-0.2, -0.15) is 13.2 Å². The molecule has 6 rings (SSSR count). The number of ether oxygens (including phenoxy) is 3. The van der Waals surface area contributed by atoms with Crippen molar-refractivity contribution in [1.82, 2.24) is 0 Å². The number of anilines is 1. The normalized spacial score (nSPS) is 21.2. The highest BCUT2D eigenvalue weighted by molar-refractivity contribution is 5.70. The molecule has 5 nitrogen and oxygen atoms in total. The van der Waals surface area contributed by atoms with Crippen molar-refractivity contribution in [1.29, 1.82) is 0 Å². The number of halogens is 3. The highest BCUT2D eigenvalue weighted by Crippen LogP contribution is 2.54. The Balaban J connectivity index is 1.39. The van der Waals surface area contributed by atoms with Crippen molar-refractivity contribution in [2.24, 2.45) is 0 Å². The number of alkyl halides is 3. The smallest absolute Gasteiger partial charge is 0.449 e. The molecule has 4 heterocycles. The maximum Gasteiger partial charge on any atom is 0.449 e. The van der Waals surface area contributed by atoms with E-state index in [1.807, 2.05) is 41.3 Å². The fourth-order valence-corrected chi connectivity index (χ4v) is 4.79. The minimum Gasteiger partial charge on any atom is -0.492 e. The first-order valence-electron chi connectivity index (χ1n) is 10.0. The molecule has 0 aliphatic carbocycles. The fraction of sp³-hybridized carbons (Fsp3) is 0.304. The zero-order valence-corrected chi connectivity index (χ0v) is 16.4. The first-order chi connectivity index (χ1) is 14.9. The van der Waals surface area contributed by atoms with Gasteiger partial charge in [-0.15, -0.1) is 0 Å². The Morgan fingerprint density at radius 1 is 0.871 bits per heavy atom. The lowest BCUT2D eigenvalue weighted by molar-refractivity contribution is -0.153. The van der Waals surface area contributed by atoms with E-state index in [0.29, 0.717) is 37.9 Å². The molecular weight excluding hydrogens is 411 g/mol. The van der Waals surface area contributed by atoms with Gasteiger partial charge in [-0.05, 0) is 29.8 Å². The lowest BCUT2D eigenvalue weighted by Gasteiger charge is -2.26. The van der Waals surface area contributed by atoms with Crippen molar-refractivity contribution in [3.05, 3.63) is 71.2 Å². The summed E-state index contributed by atoms with van der Waals surface area (Å²) in [7, 11) is 0. The van der Waals surface area contributed by atoms with Gasteiger partial charge in [0.05, 0.1) is 12.0 Å². The van der Waals surface area contributed by atoms with E-state index in [0.717, 1.165) is 28.6 Å². The molecule has 0 amide bonds. The predicted octanol–water partition coefficient (Wildman–Crippen LogP) is 4.77. The second-order valence-corrected chi connectivity index (χ2v) is 8.00. The monoisotopic (exact) mass is 429 g/mol. The molecule has 3 aliphatic heterocycles. The van der Waals surface area contributed by atoms with Gasteiger partial charge in [0.15, 0.2) is 11.5 Å². The lowest BCUT2D eigenvalue weighted by Crippen LogP contribution is -2.35. The number of nitrogens with zero attached hydrogens (tertiary/aromatic N) is 1. The van der Waals surface area contributed by atoms with E-state index in [4.69, 9.17) is 18.6 Å². The fourth-order valence-electron chi connectivity index (χ4n) is 4.79. The summed E-state index contributed by atoms with van der Waals surface area (Å²) in [6, 6.07) is 14.1. The van der Waals surface area contributed by atoms with Crippen LogP contribution in [-0.4, -0.2) is 26.4 Å². The van der Waals surface area contributed by atoms with Gasteiger partial charge in [0.2, 0.25) is 5.76 Å². The van der Waals surface area contributed by atoms with Crippen LogP contribution in [0.15, 0.2) is 52.9 Å². The molecule has 0 bridgehead atoms. The number of rotatable bonds is 2. The number of hydrogen-bond acceptors (Lipinski definition) is 5. The van der Waals surface area contributed by atoms with E-state index in [2.05, 4.69) is 0 Å². The van der Waals surface area contributed by atoms with Crippen molar-refractivity contribution in [3.63, 3.8) is 0 Å². The molecule has 160 valence electrons. The van der Waals surface area contributed by atoms with Crippen LogP contribution in [0.2, 0.25) is 0 Å². The van der Waals surface area contributed by atoms with Crippen LogP contribution in [0.25, 0.3) is 0 Å². The van der Waals surface area contributed by atoms with E-state index >= 15 is 0 Å². The number of fused-ring (bicyclic) bond motifs is 5. The predicted molar refractivity (Wildman–Crippen MR) is 105 cm³/mol. The molecule has 0 radical (unpaired) electrons. The van der Waals surface area contributed by atoms with Crippen molar-refractivity contribution >= 4 is 5.69 Å². The van der Waals surface area contributed by atoms with E-state index in [1.54, 1.807) is 0 Å². The van der Waals surface area contributed by atoms with Gasteiger partial charge in [-0.25, -0.2) is 0 Å². The van der Waals surface area contributed by atoms with Crippen LogP contribution in [0, 0.1) is 0 Å². The van der Waals surface area contributed by atoms with Crippen LogP contribution in [0.3, 0.4) is 0 Å². The van der Waals surface area contributed by atoms with Gasteiger partial charge < -0.3 is 23.5 Å². The summed E-state index contributed by atoms with van der Waals surface area (Å²) in [5.41, 5.74) is 2.59. The zero-order chi connectivity index (χ0) is 21.2. The Kier molecular flexibility index (Phi) is 3.79. The molecule has 1 atom stereocenters. The average molecular weight is 429 g/mol. The Morgan fingerprint density at radius 3 is 2.42 bits per heavy atom. The maximum atomic E-state index is 13.0. The third-order valence-electron chi connectivity index (χ3n) is 6.14. The topological polar surface area (TPSA) is 44.1 Å². The molecule has 1 spiro atoms. The van der Waals surface area contributed by atoms with Crippen LogP contribution < -0.4 is 19.1 Å². The van der Waals surface area contributed by atoms with Crippen molar-refractivity contribution < 1.29 is 31.8 Å². The van der Waals surface area contributed by atoms with Gasteiger partial charge in [-0.1, -0.05) is 18.2 Å². The summed E-state index contributed by atoms with van der Waals surface area (Å²) in [5.74, 6) is 1.38. The van der Waals surface area contributed by atoms with Gasteiger partial charge in [-0.3, -0.25) is 0 Å². The highest BCUT2D eigenvalue weighted by atomic mass is 19.4. The molecule has 8 heteroatoms. The summed E-state index contributed by atoms with van der Waals surface area (Å²) in [6.07, 6.45) is -4.50. The minimum atomic E-state index is -4.50. The quantitative estimate of drug-likeness (QED) is 0.587. The molecule has 3 aromatic rings. The highest BCUT2D eigenvalue weighted by Gasteiger charge is 2.50. The Morgan fingerprint density at radius 2 is 1.65 bits per heavy atom. The maximum absolute atomic E-state index is 13.0. The van der Waals surface area contributed by atoms with Gasteiger partial charge in [0, 0.05) is 23.9 Å². The molecule has 1 aromatic heterocycles.